The van der Waals surface area contributed by atoms with Gasteiger partial charge >= 0.3 is 0 Å². The first-order valence-corrected chi connectivity index (χ1v) is 7.08. The van der Waals surface area contributed by atoms with Crippen LogP contribution in [-0.2, 0) is 11.4 Å². The quantitative estimate of drug-likeness (QED) is 0.773. The summed E-state index contributed by atoms with van der Waals surface area (Å²) < 4.78 is 2.28. The summed E-state index contributed by atoms with van der Waals surface area (Å²) in [6.45, 7) is 4.35. The molecule has 1 aliphatic carbocycles. The van der Waals surface area contributed by atoms with Crippen molar-refractivity contribution in [2.24, 2.45) is 0 Å². The summed E-state index contributed by atoms with van der Waals surface area (Å²) >= 11 is 6.07. The highest BCUT2D eigenvalue weighted by Gasteiger charge is 2.34. The number of aryl methyl sites for hydroxylation is 1. The van der Waals surface area contributed by atoms with Gasteiger partial charge in [0.25, 0.3) is 0 Å². The second kappa shape index (κ2) is 4.23. The molecule has 4 heteroatoms. The zero-order chi connectivity index (χ0) is 12.8. The maximum atomic E-state index is 6.07. The predicted molar refractivity (Wildman–Crippen MR) is 73.9 cm³/mol. The third-order valence-corrected chi connectivity index (χ3v) is 4.28. The first-order valence-electron chi connectivity index (χ1n) is 6.54. The van der Waals surface area contributed by atoms with Gasteiger partial charge < -0.3 is 4.57 Å². The van der Waals surface area contributed by atoms with Gasteiger partial charge in [-0.2, -0.15) is 0 Å². The minimum absolute atomic E-state index is 0.140. The van der Waals surface area contributed by atoms with Crippen molar-refractivity contribution in [1.82, 2.24) is 14.5 Å². The molecule has 0 radical (unpaired) electrons. The van der Waals surface area contributed by atoms with Crippen molar-refractivity contribution < 1.29 is 0 Å². The highest BCUT2D eigenvalue weighted by Crippen LogP contribution is 2.39. The Hall–Kier alpha value is -1.09. The van der Waals surface area contributed by atoms with Crippen molar-refractivity contribution in [3.63, 3.8) is 0 Å². The lowest BCUT2D eigenvalue weighted by molar-refractivity contribution is 0.329. The van der Waals surface area contributed by atoms with E-state index >= 15 is 0 Å². The molecule has 1 saturated carbocycles. The molecule has 0 atom stereocenters. The van der Waals surface area contributed by atoms with Crippen LogP contribution in [-0.4, -0.2) is 14.5 Å². The van der Waals surface area contributed by atoms with E-state index in [4.69, 9.17) is 11.6 Å². The van der Waals surface area contributed by atoms with E-state index in [2.05, 4.69) is 27.5 Å². The fraction of sp³-hybridized carbons (Fsp3) is 0.571. The number of alkyl halides is 1. The third-order valence-electron chi connectivity index (χ3n) is 4.04. The summed E-state index contributed by atoms with van der Waals surface area (Å²) in [6, 6.07) is 2.09. The van der Waals surface area contributed by atoms with Gasteiger partial charge in [-0.15, -0.1) is 11.6 Å². The summed E-state index contributed by atoms with van der Waals surface area (Å²) in [5, 5.41) is 0. The van der Waals surface area contributed by atoms with Gasteiger partial charge in [0.15, 0.2) is 5.65 Å². The molecular weight excluding hydrogens is 246 g/mol. The van der Waals surface area contributed by atoms with E-state index in [0.717, 1.165) is 22.6 Å². The largest absolute Gasteiger partial charge is 0.306 e. The summed E-state index contributed by atoms with van der Waals surface area (Å²) in [4.78, 5) is 9.23. The monoisotopic (exact) mass is 263 g/mol. The van der Waals surface area contributed by atoms with Crippen LogP contribution in [0.2, 0.25) is 0 Å². The van der Waals surface area contributed by atoms with Gasteiger partial charge in [-0.05, 0) is 38.3 Å². The van der Waals surface area contributed by atoms with Crippen molar-refractivity contribution in [1.29, 1.82) is 0 Å². The SMILES string of the molecule is Cc1cnc2c(c1)nc(CCl)n2C1(C)CCCC1. The maximum Gasteiger partial charge on any atom is 0.160 e. The molecular formula is C14H18ClN3. The molecule has 1 fully saturated rings. The lowest BCUT2D eigenvalue weighted by Crippen LogP contribution is -2.28. The molecule has 2 heterocycles. The molecule has 1 aliphatic rings. The number of aromatic nitrogens is 3. The second-order valence-electron chi connectivity index (χ2n) is 5.56. The Kier molecular flexibility index (Phi) is 2.81. The first kappa shape index (κ1) is 12.0. The maximum absolute atomic E-state index is 6.07. The number of rotatable bonds is 2. The van der Waals surface area contributed by atoms with E-state index in [1.807, 2.05) is 13.1 Å². The van der Waals surface area contributed by atoms with E-state index in [0.29, 0.717) is 5.88 Å². The molecule has 3 nitrogen and oxygen atoms in total. The van der Waals surface area contributed by atoms with Gasteiger partial charge in [-0.25, -0.2) is 9.97 Å². The smallest absolute Gasteiger partial charge is 0.160 e. The van der Waals surface area contributed by atoms with Crippen molar-refractivity contribution >= 4 is 22.8 Å². The average molecular weight is 264 g/mol. The van der Waals surface area contributed by atoms with E-state index < -0.39 is 0 Å². The molecule has 0 bridgehead atoms. The highest BCUT2D eigenvalue weighted by atomic mass is 35.5. The normalized spacial score (nSPS) is 18.6. The van der Waals surface area contributed by atoms with E-state index in [1.165, 1.54) is 25.7 Å². The van der Waals surface area contributed by atoms with Crippen LogP contribution in [0.25, 0.3) is 11.2 Å². The van der Waals surface area contributed by atoms with Crippen molar-refractivity contribution in [3.8, 4) is 0 Å². The number of fused-ring (bicyclic) bond motifs is 1. The van der Waals surface area contributed by atoms with Crippen LogP contribution in [0.1, 0.15) is 44.0 Å². The van der Waals surface area contributed by atoms with E-state index in [9.17, 15) is 0 Å². The Labute approximate surface area is 112 Å². The summed E-state index contributed by atoms with van der Waals surface area (Å²) in [6.07, 6.45) is 6.86. The lowest BCUT2D eigenvalue weighted by Gasteiger charge is -2.27. The summed E-state index contributed by atoms with van der Waals surface area (Å²) in [5.41, 5.74) is 3.24. The predicted octanol–water partition coefficient (Wildman–Crippen LogP) is 3.77. The number of pyridine rings is 1. The standard InChI is InChI=1S/C14H18ClN3/c1-10-7-11-13(16-9-10)18(12(8-15)17-11)14(2)5-3-4-6-14/h7,9H,3-6,8H2,1-2H3. The molecule has 0 aliphatic heterocycles. The van der Waals surface area contributed by atoms with Crippen molar-refractivity contribution in [3.05, 3.63) is 23.7 Å². The number of hydrogen-bond acceptors (Lipinski definition) is 2. The Morgan fingerprint density at radius 2 is 2.11 bits per heavy atom. The van der Waals surface area contributed by atoms with Crippen molar-refractivity contribution in [2.75, 3.05) is 0 Å². The molecule has 96 valence electrons. The molecule has 0 spiro atoms. The first-order chi connectivity index (χ1) is 8.64. The fourth-order valence-corrected chi connectivity index (χ4v) is 3.31. The number of hydrogen-bond donors (Lipinski definition) is 0. The molecule has 0 aromatic carbocycles. The van der Waals surface area contributed by atoms with Crippen LogP contribution in [0.5, 0.6) is 0 Å². The van der Waals surface area contributed by atoms with Crippen LogP contribution in [0.15, 0.2) is 12.3 Å². The molecule has 0 saturated heterocycles. The van der Waals surface area contributed by atoms with Gasteiger partial charge in [0.1, 0.15) is 11.3 Å². The highest BCUT2D eigenvalue weighted by molar-refractivity contribution is 6.16. The molecule has 0 amide bonds. The van der Waals surface area contributed by atoms with Gasteiger partial charge in [0.05, 0.1) is 5.88 Å². The number of halogens is 1. The molecule has 2 aromatic rings. The van der Waals surface area contributed by atoms with Gasteiger partial charge in [-0.3, -0.25) is 0 Å². The molecule has 0 unspecified atom stereocenters. The zero-order valence-corrected chi connectivity index (χ0v) is 11.7. The minimum Gasteiger partial charge on any atom is -0.306 e. The van der Waals surface area contributed by atoms with Gasteiger partial charge in [0.2, 0.25) is 0 Å². The molecule has 3 rings (SSSR count). The van der Waals surface area contributed by atoms with E-state index in [-0.39, 0.29) is 5.54 Å². The van der Waals surface area contributed by atoms with E-state index in [1.54, 1.807) is 0 Å². The van der Waals surface area contributed by atoms with Crippen LogP contribution >= 0.6 is 11.6 Å². The second-order valence-corrected chi connectivity index (χ2v) is 5.82. The summed E-state index contributed by atoms with van der Waals surface area (Å²) in [7, 11) is 0. The Morgan fingerprint density at radius 1 is 1.39 bits per heavy atom. The Bertz CT molecular complexity index is 582. The Morgan fingerprint density at radius 3 is 2.78 bits per heavy atom. The van der Waals surface area contributed by atoms with Crippen LogP contribution in [0.3, 0.4) is 0 Å². The summed E-state index contributed by atoms with van der Waals surface area (Å²) in [5.74, 6) is 1.40. The van der Waals surface area contributed by atoms with Gasteiger partial charge in [-0.1, -0.05) is 12.8 Å². The van der Waals surface area contributed by atoms with Crippen LogP contribution < -0.4 is 0 Å². The van der Waals surface area contributed by atoms with Crippen LogP contribution in [0, 0.1) is 6.92 Å². The topological polar surface area (TPSA) is 30.7 Å². The molecule has 0 N–H and O–H groups in total. The minimum atomic E-state index is 0.140. The molecule has 18 heavy (non-hydrogen) atoms. The average Bonchev–Trinajstić information content (AvgIpc) is 2.92. The number of imidazole rings is 1. The fourth-order valence-electron chi connectivity index (χ4n) is 3.13. The van der Waals surface area contributed by atoms with Gasteiger partial charge in [0, 0.05) is 11.7 Å². The van der Waals surface area contributed by atoms with Crippen molar-refractivity contribution in [2.45, 2.75) is 50.9 Å². The third kappa shape index (κ3) is 1.72. The molecule has 2 aromatic heterocycles. The zero-order valence-electron chi connectivity index (χ0n) is 10.9. The number of nitrogens with zero attached hydrogens (tertiary/aromatic N) is 3. The Balaban J connectivity index is 2.25. The lowest BCUT2D eigenvalue weighted by atomic mass is 10.00. The van der Waals surface area contributed by atoms with Crippen LogP contribution in [0.4, 0.5) is 0 Å².